The van der Waals surface area contributed by atoms with Gasteiger partial charge in [-0.3, -0.25) is 24.2 Å². The number of halogens is 3. The summed E-state index contributed by atoms with van der Waals surface area (Å²) in [6.07, 6.45) is -1.55. The van der Waals surface area contributed by atoms with Crippen LogP contribution in [0, 0.1) is 0 Å². The van der Waals surface area contributed by atoms with Crippen molar-refractivity contribution in [1.82, 2.24) is 14.6 Å². The lowest BCUT2D eigenvalue weighted by Crippen LogP contribution is -2.51. The molecule has 0 bridgehead atoms. The third kappa shape index (κ3) is 6.46. The molecule has 0 aliphatic carbocycles. The number of ketones is 1. The predicted molar refractivity (Wildman–Crippen MR) is 141 cm³/mol. The average molecular weight is 582 g/mol. The summed E-state index contributed by atoms with van der Waals surface area (Å²) in [6, 6.07) is 10.5. The summed E-state index contributed by atoms with van der Waals surface area (Å²) in [5.74, 6) is -0.773. The normalized spacial score (nSPS) is 17.8. The van der Waals surface area contributed by atoms with Crippen LogP contribution in [0.3, 0.4) is 0 Å². The topological polar surface area (TPSA) is 112 Å². The minimum atomic E-state index is -4.55. The molecule has 0 spiro atoms. The maximum atomic E-state index is 13.2. The summed E-state index contributed by atoms with van der Waals surface area (Å²) in [7, 11) is -3.99. The van der Waals surface area contributed by atoms with Crippen LogP contribution in [-0.4, -0.2) is 48.6 Å². The number of rotatable bonds is 10. The lowest BCUT2D eigenvalue weighted by molar-refractivity contribution is -0.137. The second kappa shape index (κ2) is 11.0. The monoisotopic (exact) mass is 581 g/mol. The van der Waals surface area contributed by atoms with Gasteiger partial charge in [0.05, 0.1) is 29.1 Å². The molecule has 3 heterocycles. The number of Topliss-reactive ketones (excluding diaryl/α,β-unsaturated/α-hetero) is 1. The Hall–Kier alpha value is -3.33. The number of pyridine rings is 1. The number of hydrogen-bond donors (Lipinski definition) is 2. The summed E-state index contributed by atoms with van der Waals surface area (Å²) in [5, 5.41) is 1.16. The van der Waals surface area contributed by atoms with Gasteiger partial charge in [-0.25, -0.2) is 0 Å². The molecule has 4 rings (SSSR count). The molecule has 1 aliphatic heterocycles. The fourth-order valence-corrected chi connectivity index (χ4v) is 6.30. The highest BCUT2D eigenvalue weighted by Crippen LogP contribution is 2.42. The summed E-state index contributed by atoms with van der Waals surface area (Å²) < 4.78 is 70.2. The average Bonchev–Trinajstić information content (AvgIpc) is 3.47. The summed E-state index contributed by atoms with van der Waals surface area (Å²) >= 11 is 0.830. The largest absolute Gasteiger partial charge is 0.417 e. The molecule has 0 saturated carbocycles. The van der Waals surface area contributed by atoms with Gasteiger partial charge in [-0.15, -0.1) is 11.3 Å². The lowest BCUT2D eigenvalue weighted by Gasteiger charge is -2.34. The number of anilines is 2. The minimum Gasteiger partial charge on any atom is -0.338 e. The van der Waals surface area contributed by atoms with E-state index in [1.165, 1.54) is 17.3 Å². The van der Waals surface area contributed by atoms with E-state index in [0.717, 1.165) is 28.3 Å². The fraction of sp³-hybridized carbons (Fsp3) is 0.320. The van der Waals surface area contributed by atoms with Crippen LogP contribution in [0.5, 0.6) is 0 Å². The van der Waals surface area contributed by atoms with E-state index in [1.807, 2.05) is 6.07 Å². The van der Waals surface area contributed by atoms with Crippen molar-refractivity contribution < 1.29 is 31.2 Å². The molecule has 1 aliphatic rings. The van der Waals surface area contributed by atoms with Gasteiger partial charge in [-0.1, -0.05) is 30.3 Å². The molecular formula is C25H26F3N5O4S2. The molecule has 14 heteroatoms. The number of alkyl halides is 3. The molecule has 2 aromatic heterocycles. The second-order valence-corrected chi connectivity index (χ2v) is 11.9. The quantitative estimate of drug-likeness (QED) is 0.277. The van der Waals surface area contributed by atoms with Crippen LogP contribution in [0.15, 0.2) is 60.2 Å². The van der Waals surface area contributed by atoms with E-state index in [1.54, 1.807) is 49.1 Å². The smallest absolute Gasteiger partial charge is 0.338 e. The molecule has 1 saturated heterocycles. The van der Waals surface area contributed by atoms with E-state index >= 15 is 0 Å². The Morgan fingerprint density at radius 2 is 1.95 bits per heavy atom. The minimum absolute atomic E-state index is 0.0236. The van der Waals surface area contributed by atoms with Crippen LogP contribution in [-0.2, 0) is 39.1 Å². The number of aromatic nitrogens is 1. The molecule has 1 unspecified atom stereocenters. The number of nitrogens with one attached hydrogen (secondary N) is 2. The molecule has 39 heavy (non-hydrogen) atoms. The van der Waals surface area contributed by atoms with Gasteiger partial charge in [0.1, 0.15) is 6.04 Å². The van der Waals surface area contributed by atoms with Gasteiger partial charge in [0.2, 0.25) is 5.78 Å². The van der Waals surface area contributed by atoms with Crippen molar-refractivity contribution in [3.8, 4) is 0 Å². The molecule has 1 atom stereocenters. The molecule has 0 radical (unpaired) electrons. The van der Waals surface area contributed by atoms with E-state index in [4.69, 9.17) is 0 Å². The predicted octanol–water partition coefficient (Wildman–Crippen LogP) is 3.80. The molecule has 0 amide bonds. The van der Waals surface area contributed by atoms with Gasteiger partial charge in [0.15, 0.2) is 6.29 Å². The summed E-state index contributed by atoms with van der Waals surface area (Å²) in [5.41, 5.74) is -0.359. The van der Waals surface area contributed by atoms with Crippen molar-refractivity contribution in [3.05, 3.63) is 76.9 Å². The number of thiophene rings is 1. The van der Waals surface area contributed by atoms with Gasteiger partial charge in [-0.05, 0) is 37.1 Å². The first-order valence-corrected chi connectivity index (χ1v) is 14.1. The first-order valence-electron chi connectivity index (χ1n) is 11.7. The third-order valence-corrected chi connectivity index (χ3v) is 8.51. The highest BCUT2D eigenvalue weighted by atomic mass is 32.2. The number of benzene rings is 1. The maximum absolute atomic E-state index is 13.2. The van der Waals surface area contributed by atoms with Crippen molar-refractivity contribution in [2.45, 2.75) is 44.7 Å². The van der Waals surface area contributed by atoms with Crippen molar-refractivity contribution in [2.24, 2.45) is 0 Å². The third-order valence-electron chi connectivity index (χ3n) is 6.53. The van der Waals surface area contributed by atoms with Gasteiger partial charge in [0, 0.05) is 30.2 Å². The Kier molecular flexibility index (Phi) is 8.12. The first-order chi connectivity index (χ1) is 18.3. The van der Waals surface area contributed by atoms with Crippen LogP contribution < -0.4 is 14.3 Å². The van der Waals surface area contributed by atoms with Crippen LogP contribution >= 0.6 is 11.3 Å². The zero-order valence-electron chi connectivity index (χ0n) is 21.0. The lowest BCUT2D eigenvalue weighted by atomic mass is 9.91. The van der Waals surface area contributed by atoms with E-state index in [9.17, 15) is 31.2 Å². The van der Waals surface area contributed by atoms with Crippen molar-refractivity contribution in [3.63, 3.8) is 0 Å². The number of aldehydes is 1. The van der Waals surface area contributed by atoms with E-state index in [2.05, 4.69) is 14.4 Å². The molecule has 1 aromatic carbocycles. The standard InChI is InChI=1S/C25H26F3N5O4S2/c1-24(2)23(21(35)14-34)33(22-10-19(15-38-22)25(26,27)28)16-32(24)13-18-8-9-29-12-20(18)31-39(36,37)30-11-17-6-4-3-5-7-17/h3-10,12,14-15,23,30-31H,11,13,16H2,1-2H3. The van der Waals surface area contributed by atoms with Crippen LogP contribution in [0.25, 0.3) is 0 Å². The summed E-state index contributed by atoms with van der Waals surface area (Å²) in [4.78, 5) is 31.5. The molecular weight excluding hydrogens is 555 g/mol. The van der Waals surface area contributed by atoms with Crippen LogP contribution in [0.1, 0.15) is 30.5 Å². The zero-order chi connectivity index (χ0) is 28.4. The zero-order valence-corrected chi connectivity index (χ0v) is 22.6. The van der Waals surface area contributed by atoms with Gasteiger partial charge < -0.3 is 4.90 Å². The number of nitrogens with zero attached hydrogens (tertiary/aromatic N) is 3. The van der Waals surface area contributed by atoms with E-state index in [0.29, 0.717) is 5.56 Å². The molecule has 9 nitrogen and oxygen atoms in total. The number of carbonyl (C=O) groups is 2. The number of hydrogen-bond acceptors (Lipinski definition) is 8. The Labute approximate surface area is 227 Å². The van der Waals surface area contributed by atoms with E-state index in [-0.39, 0.29) is 36.7 Å². The van der Waals surface area contributed by atoms with Crippen molar-refractivity contribution in [2.75, 3.05) is 16.3 Å². The SMILES string of the molecule is CC1(C)C(C(=O)C=O)N(c2cc(C(F)(F)F)cs2)CN1Cc1ccncc1NS(=O)(=O)NCc1ccccc1. The molecule has 3 aromatic rings. The van der Waals surface area contributed by atoms with Crippen LogP contribution in [0.4, 0.5) is 23.9 Å². The second-order valence-electron chi connectivity index (χ2n) is 9.50. The molecule has 208 valence electrons. The Balaban J connectivity index is 1.57. The Morgan fingerprint density at radius 1 is 1.23 bits per heavy atom. The van der Waals surface area contributed by atoms with Crippen molar-refractivity contribution >= 4 is 44.3 Å². The van der Waals surface area contributed by atoms with E-state index < -0.39 is 39.3 Å². The summed E-state index contributed by atoms with van der Waals surface area (Å²) in [6.45, 7) is 3.63. The first kappa shape index (κ1) is 28.7. The number of carbonyl (C=O) groups excluding carboxylic acids is 2. The molecule has 1 fully saturated rings. The van der Waals surface area contributed by atoms with Gasteiger partial charge in [0.25, 0.3) is 10.2 Å². The highest BCUT2D eigenvalue weighted by molar-refractivity contribution is 7.90. The van der Waals surface area contributed by atoms with Gasteiger partial charge >= 0.3 is 6.18 Å². The Morgan fingerprint density at radius 3 is 2.59 bits per heavy atom. The fourth-order valence-electron chi connectivity index (χ4n) is 4.46. The maximum Gasteiger partial charge on any atom is 0.417 e. The van der Waals surface area contributed by atoms with Crippen LogP contribution in [0.2, 0.25) is 0 Å². The highest BCUT2D eigenvalue weighted by Gasteiger charge is 2.50. The van der Waals surface area contributed by atoms with Gasteiger partial charge in [-0.2, -0.15) is 26.3 Å². The van der Waals surface area contributed by atoms with Crippen molar-refractivity contribution in [1.29, 1.82) is 0 Å². The Bertz CT molecular complexity index is 1450. The molecule has 2 N–H and O–H groups in total.